The van der Waals surface area contributed by atoms with Gasteiger partial charge in [-0.3, -0.25) is 0 Å². The van der Waals surface area contributed by atoms with Gasteiger partial charge in [-0.25, -0.2) is 0 Å². The van der Waals surface area contributed by atoms with Gasteiger partial charge < -0.3 is 4.23 Å². The molecule has 0 spiro atoms. The van der Waals surface area contributed by atoms with Crippen LogP contribution in [0.4, 0.5) is 0 Å². The monoisotopic (exact) mass is 325 g/mol. The molecule has 0 N–H and O–H groups in total. The van der Waals surface area contributed by atoms with Crippen LogP contribution in [-0.4, -0.2) is 27.2 Å². The Hall–Kier alpha value is -0.126. The second-order valence-electron chi connectivity index (χ2n) is 9.22. The first-order chi connectivity index (χ1) is 9.19. The fraction of sp³-hybridized carbons (Fsp3) is 0.778. The minimum absolute atomic E-state index is 0.394. The molecule has 0 amide bonds. The first kappa shape index (κ1) is 20.9. The predicted molar refractivity (Wildman–Crippen MR) is 105 cm³/mol. The van der Waals surface area contributed by atoms with Crippen molar-refractivity contribution in [1.29, 1.82) is 0 Å². The van der Waals surface area contributed by atoms with E-state index in [4.69, 9.17) is 0 Å². The van der Waals surface area contributed by atoms with Crippen molar-refractivity contribution in [3.8, 4) is 0 Å². The minimum atomic E-state index is -1.50. The molecule has 0 bridgehead atoms. The number of hydrogen-bond donors (Lipinski definition) is 0. The van der Waals surface area contributed by atoms with Crippen molar-refractivity contribution in [2.24, 2.45) is 0 Å². The van der Waals surface area contributed by atoms with Crippen molar-refractivity contribution in [2.75, 3.05) is 6.54 Å². The van der Waals surface area contributed by atoms with Crippen LogP contribution in [0.25, 0.3) is 0 Å². The van der Waals surface area contributed by atoms with Crippen LogP contribution in [0, 0.1) is 0 Å². The van der Waals surface area contributed by atoms with Crippen LogP contribution >= 0.6 is 0 Å². The summed E-state index contributed by atoms with van der Waals surface area (Å²) in [6, 6.07) is 0. The normalized spacial score (nSPS) is 15.0. The molecular weight excluding hydrogens is 286 g/mol. The third kappa shape index (κ3) is 4.93. The Balaban J connectivity index is 5.59. The largest absolute Gasteiger partial charge is 0.345 e. The van der Waals surface area contributed by atoms with E-state index in [0.717, 1.165) is 6.42 Å². The lowest BCUT2D eigenvalue weighted by Crippen LogP contribution is -2.68. The quantitative estimate of drug-likeness (QED) is 0.401. The second kappa shape index (κ2) is 6.97. The molecule has 0 aliphatic heterocycles. The molecule has 1 nitrogen and oxygen atoms in total. The van der Waals surface area contributed by atoms with Crippen molar-refractivity contribution in [3.63, 3.8) is 0 Å². The highest BCUT2D eigenvalue weighted by molar-refractivity contribution is 6.93. The van der Waals surface area contributed by atoms with E-state index in [-0.39, 0.29) is 0 Å². The number of allylic oxidation sites excluding steroid dienone is 2. The van der Waals surface area contributed by atoms with Gasteiger partial charge in [0, 0.05) is 0 Å². The lowest BCUT2D eigenvalue weighted by Gasteiger charge is -2.57. The number of rotatable bonds is 6. The van der Waals surface area contributed by atoms with Gasteiger partial charge in [-0.05, 0) is 23.0 Å². The molecule has 124 valence electrons. The number of nitrogens with zero attached hydrogens (tertiary/aromatic N) is 1. The molecule has 0 aliphatic rings. The summed E-state index contributed by atoms with van der Waals surface area (Å²) >= 11 is 0. The van der Waals surface area contributed by atoms with E-state index in [9.17, 15) is 0 Å². The zero-order chi connectivity index (χ0) is 17.1. The van der Waals surface area contributed by atoms with Gasteiger partial charge in [0.1, 0.15) is 16.5 Å². The van der Waals surface area contributed by atoms with Crippen LogP contribution < -0.4 is 0 Å². The molecular formula is C18H39NSi2. The first-order valence-corrected chi connectivity index (χ1v) is 14.1. The van der Waals surface area contributed by atoms with E-state index in [2.05, 4.69) is 90.7 Å². The summed E-state index contributed by atoms with van der Waals surface area (Å²) in [6.07, 6.45) is 7.35. The highest BCUT2D eigenvalue weighted by Gasteiger charge is 2.51. The molecule has 0 radical (unpaired) electrons. The van der Waals surface area contributed by atoms with Gasteiger partial charge in [-0.1, -0.05) is 92.5 Å². The fourth-order valence-electron chi connectivity index (χ4n) is 2.46. The Bertz CT molecular complexity index is 342. The molecule has 0 fully saturated rings. The maximum absolute atomic E-state index is 3.77. The van der Waals surface area contributed by atoms with E-state index < -0.39 is 16.5 Å². The van der Waals surface area contributed by atoms with Crippen molar-refractivity contribution in [1.82, 2.24) is 4.23 Å². The lowest BCUT2D eigenvalue weighted by atomic mass is 10.2. The molecule has 0 saturated carbocycles. The van der Waals surface area contributed by atoms with Crippen LogP contribution in [0.1, 0.15) is 48.0 Å². The Morgan fingerprint density at radius 3 is 1.52 bits per heavy atom. The first-order valence-electron chi connectivity index (χ1n) is 8.25. The van der Waals surface area contributed by atoms with Gasteiger partial charge in [0.25, 0.3) is 0 Å². The fourth-order valence-corrected chi connectivity index (χ4v) is 13.1. The highest BCUT2D eigenvalue weighted by Crippen LogP contribution is 2.46. The smallest absolute Gasteiger partial charge is 0.121 e. The van der Waals surface area contributed by atoms with Crippen LogP contribution in [0.15, 0.2) is 24.8 Å². The third-order valence-electron chi connectivity index (χ3n) is 5.81. The second-order valence-corrected chi connectivity index (χ2v) is 20.0. The van der Waals surface area contributed by atoms with E-state index in [1.165, 1.54) is 6.54 Å². The Morgan fingerprint density at radius 2 is 1.24 bits per heavy atom. The summed E-state index contributed by atoms with van der Waals surface area (Å²) in [5.74, 6) is 0. The van der Waals surface area contributed by atoms with Gasteiger partial charge in [-0.15, -0.1) is 0 Å². The van der Waals surface area contributed by atoms with Crippen LogP contribution in [0.5, 0.6) is 0 Å². The Labute approximate surface area is 136 Å². The maximum atomic E-state index is 3.77. The molecule has 0 atom stereocenters. The molecule has 0 aromatic carbocycles. The SMILES string of the molecule is C=CC=CCCN([Si](C)(C)C(C)(C)C)[Si](C)(C)C(C)(C)C. The van der Waals surface area contributed by atoms with Crippen LogP contribution in [0.3, 0.4) is 0 Å². The zero-order valence-electron chi connectivity index (χ0n) is 16.3. The standard InChI is InChI=1S/C18H39NSi2/c1-12-13-14-15-16-19(20(8,9)17(2,3)4)21(10,11)18(5,6)7/h12-14H,1,15-16H2,2-11H3. The summed E-state index contributed by atoms with van der Waals surface area (Å²) in [4.78, 5) is 0. The van der Waals surface area contributed by atoms with Crippen LogP contribution in [-0.2, 0) is 0 Å². The Morgan fingerprint density at radius 1 is 0.857 bits per heavy atom. The summed E-state index contributed by atoms with van der Waals surface area (Å²) in [5, 5.41) is 0.787. The van der Waals surface area contributed by atoms with E-state index in [1.807, 2.05) is 6.08 Å². The third-order valence-corrected chi connectivity index (χ3v) is 19.7. The van der Waals surface area contributed by atoms with E-state index >= 15 is 0 Å². The van der Waals surface area contributed by atoms with Gasteiger partial charge in [0.2, 0.25) is 0 Å². The molecule has 0 heterocycles. The topological polar surface area (TPSA) is 3.24 Å². The predicted octanol–water partition coefficient (Wildman–Crippen LogP) is 6.43. The molecule has 21 heavy (non-hydrogen) atoms. The van der Waals surface area contributed by atoms with Crippen molar-refractivity contribution in [2.45, 2.75) is 84.2 Å². The average molecular weight is 326 g/mol. The number of hydrogen-bond acceptors (Lipinski definition) is 1. The lowest BCUT2D eigenvalue weighted by molar-refractivity contribution is 0.516. The molecule has 0 unspecified atom stereocenters. The molecule has 0 saturated heterocycles. The highest BCUT2D eigenvalue weighted by atomic mass is 28.4. The molecule has 0 aromatic rings. The molecule has 0 rings (SSSR count). The van der Waals surface area contributed by atoms with Crippen molar-refractivity contribution >= 4 is 16.5 Å². The molecule has 0 aliphatic carbocycles. The molecule has 3 heteroatoms. The minimum Gasteiger partial charge on any atom is -0.345 e. The molecule has 0 aromatic heterocycles. The summed E-state index contributed by atoms with van der Waals surface area (Å²) in [5.41, 5.74) is 0. The van der Waals surface area contributed by atoms with Crippen LogP contribution in [0.2, 0.25) is 36.3 Å². The van der Waals surface area contributed by atoms with Gasteiger partial charge in [0.05, 0.1) is 0 Å². The van der Waals surface area contributed by atoms with E-state index in [0.29, 0.717) is 10.1 Å². The zero-order valence-corrected chi connectivity index (χ0v) is 18.3. The van der Waals surface area contributed by atoms with Crippen molar-refractivity contribution < 1.29 is 0 Å². The van der Waals surface area contributed by atoms with Gasteiger partial charge >= 0.3 is 0 Å². The van der Waals surface area contributed by atoms with Gasteiger partial charge in [-0.2, -0.15) is 0 Å². The average Bonchev–Trinajstić information content (AvgIpc) is 2.25. The van der Waals surface area contributed by atoms with Crippen molar-refractivity contribution in [3.05, 3.63) is 24.8 Å². The summed E-state index contributed by atoms with van der Waals surface area (Å²) < 4.78 is 2.98. The summed E-state index contributed by atoms with van der Waals surface area (Å²) in [6.45, 7) is 29.8. The summed E-state index contributed by atoms with van der Waals surface area (Å²) in [7, 11) is -3.01. The van der Waals surface area contributed by atoms with Gasteiger partial charge in [0.15, 0.2) is 0 Å². The van der Waals surface area contributed by atoms with E-state index in [1.54, 1.807) is 0 Å². The maximum Gasteiger partial charge on any atom is 0.121 e. The Kier molecular flexibility index (Phi) is 6.93.